The highest BCUT2D eigenvalue weighted by Gasteiger charge is 2.34. The summed E-state index contributed by atoms with van der Waals surface area (Å²) in [4.78, 5) is 34.2. The Kier molecular flexibility index (Phi) is 8.41. The zero-order valence-electron chi connectivity index (χ0n) is 22.6. The summed E-state index contributed by atoms with van der Waals surface area (Å²) in [5.74, 6) is 1.87. The number of hydrogen-bond donors (Lipinski definition) is 0. The molecule has 0 radical (unpaired) electrons. The molecule has 1 aliphatic heterocycles. The van der Waals surface area contributed by atoms with E-state index in [0.29, 0.717) is 50.0 Å². The molecule has 2 aromatic heterocycles. The summed E-state index contributed by atoms with van der Waals surface area (Å²) in [5, 5.41) is 0. The Hall–Kier alpha value is -3.79. The van der Waals surface area contributed by atoms with Gasteiger partial charge < -0.3 is 23.5 Å². The average molecular weight is 540 g/mol. The van der Waals surface area contributed by atoms with Gasteiger partial charge in [0.2, 0.25) is 0 Å². The first kappa shape index (κ1) is 27.3. The molecule has 0 fully saturated rings. The summed E-state index contributed by atoms with van der Waals surface area (Å²) < 4.78 is 24.6. The maximum absolute atomic E-state index is 13.8. The Bertz CT molecular complexity index is 1530. The molecular formula is C28H33N3O6S. The molecule has 0 unspecified atom stereocenters. The van der Waals surface area contributed by atoms with Crippen LogP contribution in [0.3, 0.4) is 0 Å². The van der Waals surface area contributed by atoms with Crippen molar-refractivity contribution in [2.75, 3.05) is 38.3 Å². The molecule has 0 saturated carbocycles. The van der Waals surface area contributed by atoms with Crippen LogP contribution in [0.1, 0.15) is 52.0 Å². The number of aromatic nitrogens is 1. The Balaban J connectivity index is 1.90. The lowest BCUT2D eigenvalue weighted by Crippen LogP contribution is -2.39. The molecule has 202 valence electrons. The zero-order chi connectivity index (χ0) is 27.4. The van der Waals surface area contributed by atoms with Gasteiger partial charge in [0.25, 0.3) is 5.56 Å². The average Bonchev–Trinajstić information content (AvgIpc) is 3.48. The highest BCUT2D eigenvalue weighted by atomic mass is 32.1. The van der Waals surface area contributed by atoms with Crippen molar-refractivity contribution in [3.8, 4) is 11.5 Å². The molecule has 1 aromatic carbocycles. The van der Waals surface area contributed by atoms with Crippen molar-refractivity contribution in [3.63, 3.8) is 0 Å². The number of anilines is 1. The third-order valence-corrected chi connectivity index (χ3v) is 7.26. The third kappa shape index (κ3) is 5.13. The molecule has 10 heteroatoms. The van der Waals surface area contributed by atoms with Gasteiger partial charge in [0.05, 0.1) is 42.2 Å². The Morgan fingerprint density at radius 1 is 1.13 bits per heavy atom. The van der Waals surface area contributed by atoms with E-state index in [2.05, 4.69) is 23.7 Å². The van der Waals surface area contributed by atoms with E-state index < -0.39 is 12.0 Å². The van der Waals surface area contributed by atoms with Crippen molar-refractivity contribution in [2.24, 2.45) is 4.99 Å². The van der Waals surface area contributed by atoms with Crippen molar-refractivity contribution in [1.82, 2.24) is 4.57 Å². The smallest absolute Gasteiger partial charge is 0.338 e. The summed E-state index contributed by atoms with van der Waals surface area (Å²) in [6.45, 7) is 11.8. The van der Waals surface area contributed by atoms with Crippen LogP contribution < -0.4 is 29.3 Å². The highest BCUT2D eigenvalue weighted by Crippen LogP contribution is 2.36. The summed E-state index contributed by atoms with van der Waals surface area (Å²) in [6, 6.07) is 8.38. The predicted molar refractivity (Wildman–Crippen MR) is 147 cm³/mol. The van der Waals surface area contributed by atoms with E-state index in [-0.39, 0.29) is 12.2 Å². The molecule has 1 aliphatic rings. The van der Waals surface area contributed by atoms with Crippen LogP contribution in [-0.2, 0) is 9.53 Å². The molecule has 0 saturated heterocycles. The predicted octanol–water partition coefficient (Wildman–Crippen LogP) is 3.64. The number of ether oxygens (including phenoxy) is 3. The van der Waals surface area contributed by atoms with Crippen molar-refractivity contribution < 1.29 is 23.4 Å². The Morgan fingerprint density at radius 2 is 1.89 bits per heavy atom. The Labute approximate surface area is 225 Å². The van der Waals surface area contributed by atoms with E-state index in [0.717, 1.165) is 19.0 Å². The number of furan rings is 1. The zero-order valence-corrected chi connectivity index (χ0v) is 23.4. The summed E-state index contributed by atoms with van der Waals surface area (Å²) in [6.07, 6.45) is 1.72. The molecular weight excluding hydrogens is 506 g/mol. The second-order valence-electron chi connectivity index (χ2n) is 8.49. The van der Waals surface area contributed by atoms with E-state index in [1.54, 1.807) is 43.7 Å². The van der Waals surface area contributed by atoms with Crippen LogP contribution in [0.4, 0.5) is 5.88 Å². The summed E-state index contributed by atoms with van der Waals surface area (Å²) in [5.41, 5.74) is 1.21. The number of nitrogens with zero attached hydrogens (tertiary/aromatic N) is 3. The van der Waals surface area contributed by atoms with Crippen LogP contribution in [-0.4, -0.2) is 43.9 Å². The third-order valence-electron chi connectivity index (χ3n) is 6.28. The van der Waals surface area contributed by atoms with Crippen LogP contribution in [0.2, 0.25) is 0 Å². The van der Waals surface area contributed by atoms with E-state index in [4.69, 9.17) is 18.6 Å². The first-order valence-corrected chi connectivity index (χ1v) is 13.5. The van der Waals surface area contributed by atoms with Gasteiger partial charge in [-0.3, -0.25) is 9.36 Å². The molecule has 9 nitrogen and oxygen atoms in total. The topological polar surface area (TPSA) is 95.5 Å². The molecule has 3 heterocycles. The highest BCUT2D eigenvalue weighted by molar-refractivity contribution is 7.07. The van der Waals surface area contributed by atoms with Crippen LogP contribution in [0, 0.1) is 0 Å². The maximum atomic E-state index is 13.8. The molecule has 0 bridgehead atoms. The minimum Gasteiger partial charge on any atom is -0.493 e. The SMILES string of the molecule is CCOC(=O)C1=C(C)N=c2sc(=Cc3ccc(N(CC)CC)o3)c(=O)n2[C@H]1c1ccc(OC)c(OCC)c1. The molecule has 4 rings (SSSR count). The standard InChI is InChI=1S/C28H33N3O6S/c1-7-30(8-2)23-14-12-19(37-23)16-22-26(32)31-25(18-11-13-20(34-6)21(15-18)35-9-3)24(27(33)36-10-4)17(5)29-28(31)38-22/h11-16,25H,7-10H2,1-6H3/t25-/m0/s1. The first-order chi connectivity index (χ1) is 18.4. The minimum absolute atomic E-state index is 0.201. The number of benzene rings is 1. The molecule has 0 spiro atoms. The second-order valence-corrected chi connectivity index (χ2v) is 9.50. The van der Waals surface area contributed by atoms with Crippen LogP contribution in [0.15, 0.2) is 55.8 Å². The quantitative estimate of drug-likeness (QED) is 0.363. The number of methoxy groups -OCH3 is 1. The summed E-state index contributed by atoms with van der Waals surface area (Å²) in [7, 11) is 1.56. The van der Waals surface area contributed by atoms with Crippen molar-refractivity contribution >= 4 is 29.3 Å². The minimum atomic E-state index is -0.750. The largest absolute Gasteiger partial charge is 0.493 e. The van der Waals surface area contributed by atoms with E-state index in [9.17, 15) is 9.59 Å². The lowest BCUT2D eigenvalue weighted by molar-refractivity contribution is -0.139. The number of carbonyl (C=O) groups is 1. The molecule has 0 N–H and O–H groups in total. The van der Waals surface area contributed by atoms with Crippen molar-refractivity contribution in [3.05, 3.63) is 72.6 Å². The van der Waals surface area contributed by atoms with Gasteiger partial charge in [-0.1, -0.05) is 17.4 Å². The first-order valence-electron chi connectivity index (χ1n) is 12.7. The number of esters is 1. The van der Waals surface area contributed by atoms with E-state index >= 15 is 0 Å². The van der Waals surface area contributed by atoms with Gasteiger partial charge in [0, 0.05) is 25.2 Å². The van der Waals surface area contributed by atoms with Gasteiger partial charge in [0.15, 0.2) is 22.2 Å². The van der Waals surface area contributed by atoms with E-state index in [1.807, 2.05) is 25.1 Å². The normalized spacial score (nSPS) is 15.2. The lowest BCUT2D eigenvalue weighted by Gasteiger charge is -2.25. The maximum Gasteiger partial charge on any atom is 0.338 e. The Morgan fingerprint density at radius 3 is 2.55 bits per heavy atom. The van der Waals surface area contributed by atoms with Crippen molar-refractivity contribution in [1.29, 1.82) is 0 Å². The number of carbonyl (C=O) groups excluding carboxylic acids is 1. The van der Waals surface area contributed by atoms with Crippen LogP contribution in [0.5, 0.6) is 11.5 Å². The van der Waals surface area contributed by atoms with E-state index in [1.165, 1.54) is 11.3 Å². The fourth-order valence-electron chi connectivity index (χ4n) is 4.49. The van der Waals surface area contributed by atoms with Gasteiger partial charge >= 0.3 is 5.97 Å². The number of fused-ring (bicyclic) bond motifs is 1. The number of allylic oxidation sites excluding steroid dienone is 1. The lowest BCUT2D eigenvalue weighted by atomic mass is 9.95. The summed E-state index contributed by atoms with van der Waals surface area (Å²) >= 11 is 1.25. The molecule has 1 atom stereocenters. The van der Waals surface area contributed by atoms with Crippen LogP contribution >= 0.6 is 11.3 Å². The fraction of sp³-hybridized carbons (Fsp3) is 0.393. The van der Waals surface area contributed by atoms with Crippen LogP contribution in [0.25, 0.3) is 6.08 Å². The number of hydrogen-bond acceptors (Lipinski definition) is 9. The molecule has 3 aromatic rings. The molecule has 38 heavy (non-hydrogen) atoms. The second kappa shape index (κ2) is 11.7. The van der Waals surface area contributed by atoms with Gasteiger partial charge in [-0.15, -0.1) is 0 Å². The molecule has 0 aliphatic carbocycles. The van der Waals surface area contributed by atoms with Crippen molar-refractivity contribution in [2.45, 2.75) is 40.7 Å². The van der Waals surface area contributed by atoms with Gasteiger partial charge in [0.1, 0.15) is 5.76 Å². The monoisotopic (exact) mass is 539 g/mol. The molecule has 0 amide bonds. The van der Waals surface area contributed by atoms with Gasteiger partial charge in [-0.05, 0) is 58.4 Å². The number of rotatable bonds is 10. The fourth-order valence-corrected chi connectivity index (χ4v) is 5.52. The van der Waals surface area contributed by atoms with Gasteiger partial charge in [-0.25, -0.2) is 9.79 Å². The van der Waals surface area contributed by atoms with Gasteiger partial charge in [-0.2, -0.15) is 0 Å². The number of thiazole rings is 1.